The molecule has 2 unspecified atom stereocenters. The van der Waals surface area contributed by atoms with Gasteiger partial charge in [-0.05, 0) is 6.92 Å². The highest BCUT2D eigenvalue weighted by atomic mass is 16.4. The number of amides is 2. The van der Waals surface area contributed by atoms with Crippen molar-refractivity contribution in [2.75, 3.05) is 13.6 Å². The van der Waals surface area contributed by atoms with E-state index in [1.807, 2.05) is 6.07 Å². The second-order valence-electron chi connectivity index (χ2n) is 3.34. The molecule has 0 aromatic rings. The lowest BCUT2D eigenvalue weighted by atomic mass is 10.2. The van der Waals surface area contributed by atoms with Gasteiger partial charge in [0.15, 0.2) is 6.04 Å². The van der Waals surface area contributed by atoms with Gasteiger partial charge >= 0.3 is 12.0 Å². The summed E-state index contributed by atoms with van der Waals surface area (Å²) < 4.78 is 0. The normalized spacial score (nSPS) is 13.4. The highest BCUT2D eigenvalue weighted by molar-refractivity contribution is 5.82. The molecule has 0 aliphatic rings. The average Bonchev–Trinajstić information content (AvgIpc) is 2.20. The number of carbonyl (C=O) groups is 2. The van der Waals surface area contributed by atoms with E-state index < -0.39 is 24.1 Å². The molecule has 0 rings (SSSR count). The third-order valence-electron chi connectivity index (χ3n) is 1.93. The lowest BCUT2D eigenvalue weighted by Gasteiger charge is -2.21. The topological polar surface area (TPSA) is 114 Å². The summed E-state index contributed by atoms with van der Waals surface area (Å²) in [6.45, 7) is 1.48. The molecule has 3 N–H and O–H groups in total. The van der Waals surface area contributed by atoms with Crippen LogP contribution in [0.3, 0.4) is 0 Å². The molecule has 0 spiro atoms. The zero-order valence-electron chi connectivity index (χ0n) is 9.17. The largest absolute Gasteiger partial charge is 0.480 e. The predicted molar refractivity (Wildman–Crippen MR) is 54.5 cm³/mol. The van der Waals surface area contributed by atoms with E-state index in [9.17, 15) is 9.59 Å². The van der Waals surface area contributed by atoms with E-state index in [4.69, 9.17) is 15.5 Å². The molecule has 0 aliphatic heterocycles. The van der Waals surface area contributed by atoms with Crippen LogP contribution in [0.4, 0.5) is 4.79 Å². The second-order valence-corrected chi connectivity index (χ2v) is 3.34. The lowest BCUT2D eigenvalue weighted by Crippen LogP contribution is -2.51. The number of nitriles is 1. The standard InChI is InChI=1S/C9H15N3O4/c1-6(13)7(8(14)15)11-9(16)12(2)5-3-4-10/h6-7,13H,3,5H2,1-2H3,(H,11,16)(H,14,15). The molecule has 0 aliphatic carbocycles. The van der Waals surface area contributed by atoms with Crippen LogP contribution in [0.1, 0.15) is 13.3 Å². The molecule has 7 nitrogen and oxygen atoms in total. The summed E-state index contributed by atoms with van der Waals surface area (Å²) in [6.07, 6.45) is -1.03. The van der Waals surface area contributed by atoms with Crippen LogP contribution in [0.25, 0.3) is 0 Å². The van der Waals surface area contributed by atoms with Crippen LogP contribution in [-0.2, 0) is 4.79 Å². The Hall–Kier alpha value is -1.81. The molecule has 0 saturated carbocycles. The van der Waals surface area contributed by atoms with Gasteiger partial charge in [0, 0.05) is 13.6 Å². The number of urea groups is 1. The monoisotopic (exact) mass is 229 g/mol. The molecule has 7 heteroatoms. The van der Waals surface area contributed by atoms with Gasteiger partial charge in [-0.25, -0.2) is 9.59 Å². The fourth-order valence-corrected chi connectivity index (χ4v) is 0.951. The highest BCUT2D eigenvalue weighted by Crippen LogP contribution is 1.96. The lowest BCUT2D eigenvalue weighted by molar-refractivity contribution is -0.141. The molecule has 90 valence electrons. The molecule has 0 aromatic carbocycles. The number of aliphatic hydroxyl groups is 1. The van der Waals surface area contributed by atoms with Crippen LogP contribution >= 0.6 is 0 Å². The van der Waals surface area contributed by atoms with E-state index in [0.29, 0.717) is 0 Å². The molecular formula is C9H15N3O4. The molecule has 0 saturated heterocycles. The van der Waals surface area contributed by atoms with Crippen LogP contribution < -0.4 is 5.32 Å². The Morgan fingerprint density at radius 1 is 1.56 bits per heavy atom. The van der Waals surface area contributed by atoms with Gasteiger partial charge in [0.1, 0.15) is 0 Å². The molecule has 0 heterocycles. The minimum absolute atomic E-state index is 0.163. The van der Waals surface area contributed by atoms with Crippen LogP contribution in [-0.4, -0.2) is 52.9 Å². The summed E-state index contributed by atoms with van der Waals surface area (Å²) in [6, 6.07) is -0.121. The van der Waals surface area contributed by atoms with Crippen LogP contribution in [0.15, 0.2) is 0 Å². The predicted octanol–water partition coefficient (Wildman–Crippen LogP) is -0.625. The highest BCUT2D eigenvalue weighted by Gasteiger charge is 2.25. The molecular weight excluding hydrogens is 214 g/mol. The van der Waals surface area contributed by atoms with E-state index >= 15 is 0 Å². The first-order valence-electron chi connectivity index (χ1n) is 4.69. The van der Waals surface area contributed by atoms with Gasteiger partial charge in [0.05, 0.1) is 18.6 Å². The third-order valence-corrected chi connectivity index (χ3v) is 1.93. The average molecular weight is 229 g/mol. The number of carboxylic acid groups (broad SMARTS) is 1. The summed E-state index contributed by atoms with van der Waals surface area (Å²) in [4.78, 5) is 23.2. The van der Waals surface area contributed by atoms with Crippen molar-refractivity contribution in [3.05, 3.63) is 0 Å². The van der Waals surface area contributed by atoms with Crippen molar-refractivity contribution in [3.63, 3.8) is 0 Å². The van der Waals surface area contributed by atoms with Gasteiger partial charge in [-0.15, -0.1) is 0 Å². The van der Waals surface area contributed by atoms with Crippen molar-refractivity contribution < 1.29 is 19.8 Å². The number of aliphatic carboxylic acids is 1. The van der Waals surface area contributed by atoms with E-state index in [-0.39, 0.29) is 13.0 Å². The SMILES string of the molecule is CC(O)C(NC(=O)N(C)CCC#N)C(=O)O. The van der Waals surface area contributed by atoms with E-state index in [1.165, 1.54) is 18.9 Å². The molecule has 0 radical (unpaired) electrons. The first kappa shape index (κ1) is 14.2. The summed E-state index contributed by atoms with van der Waals surface area (Å²) >= 11 is 0. The number of carboxylic acids is 1. The van der Waals surface area contributed by atoms with Crippen molar-refractivity contribution in [3.8, 4) is 6.07 Å². The van der Waals surface area contributed by atoms with Crippen molar-refractivity contribution in [2.24, 2.45) is 0 Å². The van der Waals surface area contributed by atoms with Crippen molar-refractivity contribution in [1.29, 1.82) is 5.26 Å². The van der Waals surface area contributed by atoms with Gasteiger partial charge < -0.3 is 20.4 Å². The Morgan fingerprint density at radius 3 is 2.50 bits per heavy atom. The fourth-order valence-electron chi connectivity index (χ4n) is 0.951. The smallest absolute Gasteiger partial charge is 0.328 e. The number of nitrogens with zero attached hydrogens (tertiary/aromatic N) is 2. The van der Waals surface area contributed by atoms with Gasteiger partial charge in [0.2, 0.25) is 0 Å². The minimum atomic E-state index is -1.35. The number of carbonyl (C=O) groups excluding carboxylic acids is 1. The van der Waals surface area contributed by atoms with Crippen molar-refractivity contribution in [2.45, 2.75) is 25.5 Å². The molecule has 0 fully saturated rings. The maximum absolute atomic E-state index is 11.4. The summed E-state index contributed by atoms with van der Waals surface area (Å²) in [5, 5.41) is 28.3. The summed E-state index contributed by atoms with van der Waals surface area (Å²) in [5.41, 5.74) is 0. The van der Waals surface area contributed by atoms with Crippen LogP contribution in [0.5, 0.6) is 0 Å². The Bertz CT molecular complexity index is 298. The first-order chi connectivity index (χ1) is 7.40. The Morgan fingerprint density at radius 2 is 2.12 bits per heavy atom. The first-order valence-corrected chi connectivity index (χ1v) is 4.69. The van der Waals surface area contributed by atoms with Crippen LogP contribution in [0, 0.1) is 11.3 Å². The quantitative estimate of drug-likeness (QED) is 0.581. The minimum Gasteiger partial charge on any atom is -0.480 e. The van der Waals surface area contributed by atoms with Crippen molar-refractivity contribution >= 4 is 12.0 Å². The van der Waals surface area contributed by atoms with Gasteiger partial charge in [-0.1, -0.05) is 0 Å². The fraction of sp³-hybridized carbons (Fsp3) is 0.667. The maximum atomic E-state index is 11.4. The second kappa shape index (κ2) is 6.63. The number of rotatable bonds is 5. The Kier molecular flexibility index (Phi) is 5.88. The number of hydrogen-bond acceptors (Lipinski definition) is 4. The molecule has 0 bridgehead atoms. The molecule has 2 amide bonds. The van der Waals surface area contributed by atoms with Gasteiger partial charge in [-0.3, -0.25) is 0 Å². The zero-order chi connectivity index (χ0) is 12.7. The molecule has 2 atom stereocenters. The number of hydrogen-bond donors (Lipinski definition) is 3. The molecule has 0 aromatic heterocycles. The van der Waals surface area contributed by atoms with Gasteiger partial charge in [0.25, 0.3) is 0 Å². The van der Waals surface area contributed by atoms with E-state index in [2.05, 4.69) is 5.32 Å². The Balaban J connectivity index is 4.30. The maximum Gasteiger partial charge on any atom is 0.328 e. The summed E-state index contributed by atoms with van der Waals surface area (Å²) in [5.74, 6) is -1.31. The number of aliphatic hydroxyl groups excluding tert-OH is 1. The van der Waals surface area contributed by atoms with Gasteiger partial charge in [-0.2, -0.15) is 5.26 Å². The third kappa shape index (κ3) is 4.61. The Labute approximate surface area is 93.3 Å². The number of nitrogens with one attached hydrogen (secondary N) is 1. The zero-order valence-corrected chi connectivity index (χ0v) is 9.17. The van der Waals surface area contributed by atoms with E-state index in [1.54, 1.807) is 0 Å². The summed E-state index contributed by atoms with van der Waals surface area (Å²) in [7, 11) is 1.44. The van der Waals surface area contributed by atoms with Crippen LogP contribution in [0.2, 0.25) is 0 Å². The van der Waals surface area contributed by atoms with Crippen molar-refractivity contribution in [1.82, 2.24) is 10.2 Å². The van der Waals surface area contributed by atoms with E-state index in [0.717, 1.165) is 0 Å². The molecule has 16 heavy (non-hydrogen) atoms.